The average Bonchev–Trinajstić information content (AvgIpc) is 3.00. The monoisotopic (exact) mass is 248 g/mol. The summed E-state index contributed by atoms with van der Waals surface area (Å²) in [5.41, 5.74) is 0.783. The van der Waals surface area contributed by atoms with E-state index < -0.39 is 0 Å². The molecule has 1 unspecified atom stereocenters. The van der Waals surface area contributed by atoms with Crippen molar-refractivity contribution in [1.29, 1.82) is 0 Å². The van der Waals surface area contributed by atoms with Crippen LogP contribution in [0.3, 0.4) is 0 Å². The number of aromatic hydroxyl groups is 1. The van der Waals surface area contributed by atoms with Crippen molar-refractivity contribution < 1.29 is 9.63 Å². The number of phenolic OH excluding ortho intramolecular Hbond substituents is 1. The molecule has 3 rings (SSSR count). The summed E-state index contributed by atoms with van der Waals surface area (Å²) in [5, 5.41) is 13.4. The van der Waals surface area contributed by atoms with E-state index in [1.54, 1.807) is 18.2 Å². The van der Waals surface area contributed by atoms with Crippen LogP contribution in [0.5, 0.6) is 5.75 Å². The molecule has 1 aliphatic heterocycles. The van der Waals surface area contributed by atoms with Gasteiger partial charge in [0.25, 0.3) is 0 Å². The number of rotatable bonds is 2. The van der Waals surface area contributed by atoms with E-state index in [0.717, 1.165) is 23.5 Å². The van der Waals surface area contributed by atoms with Crippen molar-refractivity contribution >= 4 is 11.8 Å². The minimum absolute atomic E-state index is 0.213. The third-order valence-electron chi connectivity index (χ3n) is 2.83. The maximum atomic E-state index is 9.40. The van der Waals surface area contributed by atoms with Crippen LogP contribution in [0, 0.1) is 0 Å². The molecule has 1 N–H and O–H groups in total. The molecule has 0 aliphatic carbocycles. The molecule has 1 atom stereocenters. The second-order valence-electron chi connectivity index (χ2n) is 4.07. The average molecular weight is 248 g/mol. The van der Waals surface area contributed by atoms with E-state index in [4.69, 9.17) is 4.52 Å². The molecule has 1 saturated heterocycles. The van der Waals surface area contributed by atoms with Gasteiger partial charge in [-0.15, -0.1) is 0 Å². The minimum Gasteiger partial charge on any atom is -0.508 e. The summed E-state index contributed by atoms with van der Waals surface area (Å²) >= 11 is 1.92. The van der Waals surface area contributed by atoms with E-state index in [1.807, 2.05) is 17.8 Å². The zero-order chi connectivity index (χ0) is 11.7. The third-order valence-corrected chi connectivity index (χ3v) is 3.99. The molecule has 88 valence electrons. The number of phenols is 1. The normalized spacial score (nSPS) is 19.6. The Kier molecular flexibility index (Phi) is 2.76. The van der Waals surface area contributed by atoms with Crippen LogP contribution >= 0.6 is 11.8 Å². The quantitative estimate of drug-likeness (QED) is 0.885. The van der Waals surface area contributed by atoms with Gasteiger partial charge in [0, 0.05) is 17.2 Å². The Bertz CT molecular complexity index is 521. The number of benzene rings is 1. The van der Waals surface area contributed by atoms with Crippen molar-refractivity contribution in [1.82, 2.24) is 10.1 Å². The van der Waals surface area contributed by atoms with Crippen molar-refractivity contribution in [3.05, 3.63) is 30.2 Å². The lowest BCUT2D eigenvalue weighted by Gasteiger charge is -1.98. The smallest absolute Gasteiger partial charge is 0.230 e. The van der Waals surface area contributed by atoms with Gasteiger partial charge in [-0.1, -0.05) is 17.3 Å². The van der Waals surface area contributed by atoms with Crippen LogP contribution in [0.1, 0.15) is 18.2 Å². The van der Waals surface area contributed by atoms with Crippen LogP contribution in [0.2, 0.25) is 0 Å². The first-order valence-electron chi connectivity index (χ1n) is 5.54. The van der Waals surface area contributed by atoms with Gasteiger partial charge in [-0.2, -0.15) is 16.7 Å². The molecule has 0 bridgehead atoms. The lowest BCUT2D eigenvalue weighted by Crippen LogP contribution is -1.96. The third kappa shape index (κ3) is 2.15. The van der Waals surface area contributed by atoms with Crippen molar-refractivity contribution in [2.24, 2.45) is 0 Å². The lowest BCUT2D eigenvalue weighted by molar-refractivity contribution is 0.361. The second kappa shape index (κ2) is 4.41. The first kappa shape index (κ1) is 10.7. The molecule has 1 aromatic heterocycles. The van der Waals surface area contributed by atoms with Gasteiger partial charge in [-0.3, -0.25) is 0 Å². The van der Waals surface area contributed by atoms with E-state index in [-0.39, 0.29) is 5.75 Å². The number of hydrogen-bond donors (Lipinski definition) is 1. The molecule has 1 aromatic carbocycles. The van der Waals surface area contributed by atoms with Gasteiger partial charge in [-0.05, 0) is 24.3 Å². The minimum atomic E-state index is 0.213. The SMILES string of the molecule is Oc1cccc(-c2noc(C3CCSC3)n2)c1. The Hall–Kier alpha value is -1.49. The molecule has 5 heteroatoms. The van der Waals surface area contributed by atoms with Crippen LogP contribution in [-0.4, -0.2) is 26.8 Å². The number of nitrogens with zero attached hydrogens (tertiary/aromatic N) is 2. The first-order valence-corrected chi connectivity index (χ1v) is 6.69. The van der Waals surface area contributed by atoms with E-state index in [0.29, 0.717) is 17.6 Å². The fourth-order valence-corrected chi connectivity index (χ4v) is 3.10. The Morgan fingerprint density at radius 3 is 3.12 bits per heavy atom. The van der Waals surface area contributed by atoms with Crippen molar-refractivity contribution in [2.45, 2.75) is 12.3 Å². The van der Waals surface area contributed by atoms with Crippen LogP contribution in [-0.2, 0) is 0 Å². The molecular weight excluding hydrogens is 236 g/mol. The molecule has 17 heavy (non-hydrogen) atoms. The van der Waals surface area contributed by atoms with Crippen LogP contribution in [0.25, 0.3) is 11.4 Å². The predicted octanol–water partition coefficient (Wildman–Crippen LogP) is 2.66. The number of thioether (sulfide) groups is 1. The van der Waals surface area contributed by atoms with Gasteiger partial charge >= 0.3 is 0 Å². The molecule has 2 heterocycles. The number of hydrogen-bond acceptors (Lipinski definition) is 5. The summed E-state index contributed by atoms with van der Waals surface area (Å²) in [4.78, 5) is 4.40. The van der Waals surface area contributed by atoms with E-state index >= 15 is 0 Å². The van der Waals surface area contributed by atoms with Crippen LogP contribution in [0.4, 0.5) is 0 Å². The summed E-state index contributed by atoms with van der Waals surface area (Å²) in [7, 11) is 0. The fourth-order valence-electron chi connectivity index (χ4n) is 1.89. The fraction of sp³-hybridized carbons (Fsp3) is 0.333. The van der Waals surface area contributed by atoms with Gasteiger partial charge in [0.2, 0.25) is 11.7 Å². The largest absolute Gasteiger partial charge is 0.508 e. The van der Waals surface area contributed by atoms with Gasteiger partial charge < -0.3 is 9.63 Å². The zero-order valence-electron chi connectivity index (χ0n) is 9.17. The first-order chi connectivity index (χ1) is 8.33. The summed E-state index contributed by atoms with van der Waals surface area (Å²) in [6.07, 6.45) is 1.10. The number of aromatic nitrogens is 2. The second-order valence-corrected chi connectivity index (χ2v) is 5.22. The molecule has 0 radical (unpaired) electrons. The highest BCUT2D eigenvalue weighted by molar-refractivity contribution is 7.99. The lowest BCUT2D eigenvalue weighted by atomic mass is 10.1. The van der Waals surface area contributed by atoms with E-state index in [1.165, 1.54) is 0 Å². The maximum Gasteiger partial charge on any atom is 0.230 e. The maximum absolute atomic E-state index is 9.40. The van der Waals surface area contributed by atoms with Gasteiger partial charge in [0.15, 0.2) is 0 Å². The van der Waals surface area contributed by atoms with Gasteiger partial charge in [-0.25, -0.2) is 0 Å². The summed E-state index contributed by atoms with van der Waals surface area (Å²) in [5.74, 6) is 4.08. The highest BCUT2D eigenvalue weighted by Gasteiger charge is 2.23. The standard InChI is InChI=1S/C12H12N2O2S/c15-10-3-1-2-8(6-10)11-13-12(16-14-11)9-4-5-17-7-9/h1-3,6,9,15H,4-5,7H2. The molecule has 0 saturated carbocycles. The highest BCUT2D eigenvalue weighted by Crippen LogP contribution is 2.32. The molecular formula is C12H12N2O2S. The Morgan fingerprint density at radius 2 is 2.35 bits per heavy atom. The Balaban J connectivity index is 1.89. The molecule has 0 spiro atoms. The molecule has 1 aliphatic rings. The van der Waals surface area contributed by atoms with E-state index in [9.17, 15) is 5.11 Å². The summed E-state index contributed by atoms with van der Waals surface area (Å²) < 4.78 is 5.29. The highest BCUT2D eigenvalue weighted by atomic mass is 32.2. The van der Waals surface area contributed by atoms with Crippen molar-refractivity contribution in [2.75, 3.05) is 11.5 Å². The topological polar surface area (TPSA) is 59.2 Å². The molecule has 1 fully saturated rings. The van der Waals surface area contributed by atoms with Crippen LogP contribution in [0.15, 0.2) is 28.8 Å². The van der Waals surface area contributed by atoms with E-state index in [2.05, 4.69) is 10.1 Å². The predicted molar refractivity (Wildman–Crippen MR) is 66.1 cm³/mol. The molecule has 0 amide bonds. The van der Waals surface area contributed by atoms with Crippen LogP contribution < -0.4 is 0 Å². The van der Waals surface area contributed by atoms with Gasteiger partial charge in [0.1, 0.15) is 5.75 Å². The Labute approximate surface area is 103 Å². The van der Waals surface area contributed by atoms with Crippen molar-refractivity contribution in [3.63, 3.8) is 0 Å². The van der Waals surface area contributed by atoms with Crippen molar-refractivity contribution in [3.8, 4) is 17.1 Å². The summed E-state index contributed by atoms with van der Waals surface area (Å²) in [6, 6.07) is 6.89. The molecule has 2 aromatic rings. The Morgan fingerprint density at radius 1 is 1.41 bits per heavy atom. The van der Waals surface area contributed by atoms with Gasteiger partial charge in [0.05, 0.1) is 0 Å². The summed E-state index contributed by atoms with van der Waals surface area (Å²) in [6.45, 7) is 0. The zero-order valence-corrected chi connectivity index (χ0v) is 9.98. The molecule has 4 nitrogen and oxygen atoms in total.